The molecule has 3 aromatic rings. The average Bonchev–Trinajstić information content (AvgIpc) is 3.00. The van der Waals surface area contributed by atoms with Crippen molar-refractivity contribution in [1.82, 2.24) is 10.3 Å². The van der Waals surface area contributed by atoms with E-state index in [0.717, 1.165) is 30.5 Å². The predicted octanol–water partition coefficient (Wildman–Crippen LogP) is 4.48. The highest BCUT2D eigenvalue weighted by Gasteiger charge is 2.05. The Labute approximate surface area is 142 Å². The van der Waals surface area contributed by atoms with Crippen molar-refractivity contribution in [3.8, 4) is 0 Å². The number of carbonyl (C=O) groups excluding carboxylic acids is 1. The van der Waals surface area contributed by atoms with Gasteiger partial charge in [-0.2, -0.15) is 0 Å². The number of anilines is 1. The molecule has 1 heterocycles. The van der Waals surface area contributed by atoms with Crippen LogP contribution in [0.15, 0.2) is 54.7 Å². The second-order valence-corrected chi connectivity index (χ2v) is 5.94. The Morgan fingerprint density at radius 2 is 1.83 bits per heavy atom. The second-order valence-electron chi connectivity index (χ2n) is 5.94. The van der Waals surface area contributed by atoms with Gasteiger partial charge in [-0.15, -0.1) is 0 Å². The maximum Gasteiger partial charge on any atom is 0.319 e. The average molecular weight is 321 g/mol. The Morgan fingerprint density at radius 1 is 1.04 bits per heavy atom. The van der Waals surface area contributed by atoms with E-state index in [2.05, 4.69) is 46.8 Å². The molecule has 0 bridgehead atoms. The zero-order valence-corrected chi connectivity index (χ0v) is 13.9. The van der Waals surface area contributed by atoms with Crippen LogP contribution in [0.3, 0.4) is 0 Å². The molecule has 2 amide bonds. The molecule has 2 aromatic carbocycles. The minimum atomic E-state index is -0.168. The zero-order valence-electron chi connectivity index (χ0n) is 13.9. The van der Waals surface area contributed by atoms with Crippen molar-refractivity contribution in [2.75, 3.05) is 11.9 Å². The fourth-order valence-electron chi connectivity index (χ4n) is 2.87. The molecule has 3 N–H and O–H groups in total. The molecule has 0 saturated carbocycles. The van der Waals surface area contributed by atoms with E-state index in [1.807, 2.05) is 30.5 Å². The number of urea groups is 1. The molecule has 0 fully saturated rings. The molecular weight excluding hydrogens is 298 g/mol. The molecule has 124 valence electrons. The van der Waals surface area contributed by atoms with Crippen LogP contribution in [-0.2, 0) is 12.8 Å². The van der Waals surface area contributed by atoms with Gasteiger partial charge in [0.05, 0.1) is 0 Å². The summed E-state index contributed by atoms with van der Waals surface area (Å²) in [5.74, 6) is 0. The fourth-order valence-corrected chi connectivity index (χ4v) is 2.87. The monoisotopic (exact) mass is 321 g/mol. The van der Waals surface area contributed by atoms with Crippen molar-refractivity contribution in [3.05, 3.63) is 65.9 Å². The zero-order chi connectivity index (χ0) is 16.8. The third-order valence-electron chi connectivity index (χ3n) is 4.11. The van der Waals surface area contributed by atoms with Gasteiger partial charge in [0.15, 0.2) is 0 Å². The molecule has 0 saturated heterocycles. The first-order chi connectivity index (χ1) is 11.8. The van der Waals surface area contributed by atoms with Gasteiger partial charge in [-0.3, -0.25) is 0 Å². The van der Waals surface area contributed by atoms with Crippen LogP contribution in [0.5, 0.6) is 0 Å². The molecule has 1 aromatic heterocycles. The van der Waals surface area contributed by atoms with Gasteiger partial charge in [0.25, 0.3) is 0 Å². The number of aryl methyl sites for hydroxylation is 1. The number of carbonyl (C=O) groups is 1. The maximum absolute atomic E-state index is 12.0. The highest BCUT2D eigenvalue weighted by Crippen LogP contribution is 2.17. The Bertz CT molecular complexity index is 805. The van der Waals surface area contributed by atoms with Crippen molar-refractivity contribution < 1.29 is 4.79 Å². The van der Waals surface area contributed by atoms with Crippen molar-refractivity contribution in [1.29, 1.82) is 0 Å². The molecule has 0 aliphatic carbocycles. The van der Waals surface area contributed by atoms with Gasteiger partial charge in [-0.05, 0) is 42.2 Å². The van der Waals surface area contributed by atoms with Gasteiger partial charge in [-0.1, -0.05) is 43.7 Å². The molecule has 4 heteroatoms. The summed E-state index contributed by atoms with van der Waals surface area (Å²) in [6.45, 7) is 2.76. The first-order valence-corrected chi connectivity index (χ1v) is 8.45. The lowest BCUT2D eigenvalue weighted by Gasteiger charge is -2.08. The summed E-state index contributed by atoms with van der Waals surface area (Å²) in [6, 6.07) is 16.0. The van der Waals surface area contributed by atoms with Crippen LogP contribution < -0.4 is 10.6 Å². The van der Waals surface area contributed by atoms with E-state index >= 15 is 0 Å². The summed E-state index contributed by atoms with van der Waals surface area (Å²) in [7, 11) is 0. The summed E-state index contributed by atoms with van der Waals surface area (Å²) < 4.78 is 0. The summed E-state index contributed by atoms with van der Waals surface area (Å²) in [6.07, 6.45) is 5.00. The number of nitrogens with one attached hydrogen (secondary N) is 3. The van der Waals surface area contributed by atoms with E-state index < -0.39 is 0 Å². The van der Waals surface area contributed by atoms with Crippen LogP contribution in [0.4, 0.5) is 10.5 Å². The van der Waals surface area contributed by atoms with Crippen LogP contribution in [0.25, 0.3) is 10.9 Å². The number of hydrogen-bond acceptors (Lipinski definition) is 1. The molecule has 0 radical (unpaired) electrons. The lowest BCUT2D eigenvalue weighted by Crippen LogP contribution is -2.30. The topological polar surface area (TPSA) is 56.9 Å². The largest absolute Gasteiger partial charge is 0.361 e. The Hall–Kier alpha value is -2.75. The van der Waals surface area contributed by atoms with Crippen molar-refractivity contribution >= 4 is 22.6 Å². The van der Waals surface area contributed by atoms with Crippen LogP contribution >= 0.6 is 0 Å². The summed E-state index contributed by atoms with van der Waals surface area (Å²) in [5, 5.41) is 6.99. The summed E-state index contributed by atoms with van der Waals surface area (Å²) in [4.78, 5) is 15.2. The highest BCUT2D eigenvalue weighted by molar-refractivity contribution is 5.89. The Balaban J connectivity index is 1.49. The van der Waals surface area contributed by atoms with Crippen LogP contribution in [0.2, 0.25) is 0 Å². The number of hydrogen-bond donors (Lipinski definition) is 3. The second kappa shape index (κ2) is 7.68. The van der Waals surface area contributed by atoms with Crippen molar-refractivity contribution in [3.63, 3.8) is 0 Å². The van der Waals surface area contributed by atoms with Gasteiger partial charge >= 0.3 is 6.03 Å². The number of aromatic amines is 1. The lowest BCUT2D eigenvalue weighted by atomic mass is 10.1. The lowest BCUT2D eigenvalue weighted by molar-refractivity contribution is 0.252. The molecule has 0 unspecified atom stereocenters. The van der Waals surface area contributed by atoms with Crippen molar-refractivity contribution in [2.45, 2.75) is 26.2 Å². The molecule has 4 nitrogen and oxygen atoms in total. The number of aromatic nitrogens is 1. The minimum Gasteiger partial charge on any atom is -0.361 e. The highest BCUT2D eigenvalue weighted by atomic mass is 16.2. The van der Waals surface area contributed by atoms with Gasteiger partial charge in [-0.25, -0.2) is 4.79 Å². The first-order valence-electron chi connectivity index (χ1n) is 8.45. The van der Waals surface area contributed by atoms with E-state index in [1.165, 1.54) is 16.5 Å². The fraction of sp³-hybridized carbons (Fsp3) is 0.250. The first kappa shape index (κ1) is 16.1. The normalized spacial score (nSPS) is 10.7. The standard InChI is InChI=1S/C20H23N3O/c1-2-5-15-8-10-17(11-9-15)23-20(24)21-13-12-16-14-22-19-7-4-3-6-18(16)19/h3-4,6-11,14,22H,2,5,12-13H2,1H3,(H2,21,23,24). The number of H-pyrrole nitrogens is 1. The third kappa shape index (κ3) is 3.96. The molecule has 0 aliphatic heterocycles. The van der Waals surface area contributed by atoms with Crippen LogP contribution in [-0.4, -0.2) is 17.6 Å². The van der Waals surface area contributed by atoms with Gasteiger partial charge in [0.2, 0.25) is 0 Å². The smallest absolute Gasteiger partial charge is 0.319 e. The number of fused-ring (bicyclic) bond motifs is 1. The van der Waals surface area contributed by atoms with E-state index in [-0.39, 0.29) is 6.03 Å². The van der Waals surface area contributed by atoms with Gasteiger partial charge in [0, 0.05) is 29.3 Å². The predicted molar refractivity (Wildman–Crippen MR) is 99.5 cm³/mol. The van der Waals surface area contributed by atoms with Gasteiger partial charge < -0.3 is 15.6 Å². The molecule has 0 spiro atoms. The SMILES string of the molecule is CCCc1ccc(NC(=O)NCCc2c[nH]c3ccccc23)cc1. The molecule has 0 atom stereocenters. The number of para-hydroxylation sites is 1. The van der Waals surface area contributed by atoms with Crippen LogP contribution in [0, 0.1) is 0 Å². The van der Waals surface area contributed by atoms with Gasteiger partial charge in [0.1, 0.15) is 0 Å². The number of rotatable bonds is 6. The Kier molecular flexibility index (Phi) is 5.16. The summed E-state index contributed by atoms with van der Waals surface area (Å²) in [5.41, 5.74) is 4.46. The van der Waals surface area contributed by atoms with E-state index in [1.54, 1.807) is 0 Å². The van der Waals surface area contributed by atoms with Crippen LogP contribution in [0.1, 0.15) is 24.5 Å². The number of benzene rings is 2. The maximum atomic E-state index is 12.0. The molecule has 3 rings (SSSR count). The minimum absolute atomic E-state index is 0.168. The summed E-state index contributed by atoms with van der Waals surface area (Å²) >= 11 is 0. The van der Waals surface area contributed by atoms with Crippen molar-refractivity contribution in [2.24, 2.45) is 0 Å². The van der Waals surface area contributed by atoms with E-state index in [9.17, 15) is 4.79 Å². The number of amides is 2. The Morgan fingerprint density at radius 3 is 2.62 bits per heavy atom. The quantitative estimate of drug-likeness (QED) is 0.616. The molecular formula is C20H23N3O. The van der Waals surface area contributed by atoms with E-state index in [0.29, 0.717) is 6.54 Å². The molecule has 0 aliphatic rings. The third-order valence-corrected chi connectivity index (χ3v) is 4.11. The molecule has 24 heavy (non-hydrogen) atoms. The van der Waals surface area contributed by atoms with E-state index in [4.69, 9.17) is 0 Å².